The van der Waals surface area contributed by atoms with Gasteiger partial charge in [-0.25, -0.2) is 8.42 Å². The summed E-state index contributed by atoms with van der Waals surface area (Å²) in [6.07, 6.45) is 1.55. The van der Waals surface area contributed by atoms with Gasteiger partial charge < -0.3 is 15.7 Å². The Morgan fingerprint density at radius 1 is 1.14 bits per heavy atom. The maximum Gasteiger partial charge on any atom is 0.323 e. The molecule has 2 aromatic rings. The van der Waals surface area contributed by atoms with Crippen LogP contribution in [-0.2, 0) is 26.0 Å². The first-order valence-corrected chi connectivity index (χ1v) is 14.2. The molecular formula is C24H31N5O6S2. The summed E-state index contributed by atoms with van der Waals surface area (Å²) in [6.45, 7) is 4.94. The highest BCUT2D eigenvalue weighted by Crippen LogP contribution is 2.19. The van der Waals surface area contributed by atoms with Crippen LogP contribution in [0.15, 0.2) is 46.3 Å². The number of rotatable bonds is 11. The molecule has 1 aromatic heterocycles. The molecule has 0 aliphatic carbocycles. The fraction of sp³-hybridized carbons (Fsp3) is 0.417. The van der Waals surface area contributed by atoms with Gasteiger partial charge in [0.25, 0.3) is 5.91 Å². The molecule has 0 fully saturated rings. The number of carbonyl (C=O) groups is 3. The van der Waals surface area contributed by atoms with E-state index in [9.17, 15) is 27.9 Å². The summed E-state index contributed by atoms with van der Waals surface area (Å²) >= 11 is 1.18. The van der Waals surface area contributed by atoms with E-state index in [-0.39, 0.29) is 23.1 Å². The predicted octanol–water partition coefficient (Wildman–Crippen LogP) is 1.43. The van der Waals surface area contributed by atoms with Crippen LogP contribution in [0.25, 0.3) is 0 Å². The van der Waals surface area contributed by atoms with E-state index in [1.165, 1.54) is 23.5 Å². The molecule has 2 heterocycles. The zero-order chi connectivity index (χ0) is 27.0. The number of carbonyl (C=O) groups excluding carboxylic acids is 2. The largest absolute Gasteiger partial charge is 0.480 e. The first kappa shape index (κ1) is 28.3. The van der Waals surface area contributed by atoms with Crippen molar-refractivity contribution in [1.82, 2.24) is 20.7 Å². The Morgan fingerprint density at radius 3 is 2.49 bits per heavy atom. The highest BCUT2D eigenvalue weighted by Gasteiger charge is 2.26. The number of nitrogens with zero attached hydrogens (tertiary/aromatic N) is 1. The minimum absolute atomic E-state index is 0.0623. The van der Waals surface area contributed by atoms with Gasteiger partial charge in [0.15, 0.2) is 5.96 Å². The minimum atomic E-state index is -4.11. The number of benzene rings is 1. The molecule has 0 spiro atoms. The van der Waals surface area contributed by atoms with E-state index in [0.29, 0.717) is 23.8 Å². The number of carboxylic acid groups (broad SMARTS) is 1. The maximum atomic E-state index is 12.7. The molecule has 0 radical (unpaired) electrons. The van der Waals surface area contributed by atoms with Gasteiger partial charge in [-0.3, -0.25) is 24.7 Å². The Kier molecular flexibility index (Phi) is 9.78. The smallest absolute Gasteiger partial charge is 0.323 e. The number of guanidine groups is 1. The van der Waals surface area contributed by atoms with Gasteiger partial charge in [-0.15, -0.1) is 11.3 Å². The fourth-order valence-corrected chi connectivity index (χ4v) is 5.54. The second kappa shape index (κ2) is 12.8. The van der Waals surface area contributed by atoms with Crippen LogP contribution >= 0.6 is 11.3 Å². The highest BCUT2D eigenvalue weighted by molar-refractivity contribution is 7.89. The van der Waals surface area contributed by atoms with Gasteiger partial charge in [-0.1, -0.05) is 26.0 Å². The summed E-state index contributed by atoms with van der Waals surface area (Å²) in [5, 5.41) is 17.7. The van der Waals surface area contributed by atoms with Crippen molar-refractivity contribution in [3.63, 3.8) is 0 Å². The fourth-order valence-electron chi connectivity index (χ4n) is 3.43. The molecule has 37 heavy (non-hydrogen) atoms. The molecule has 2 amide bonds. The lowest BCUT2D eigenvalue weighted by Gasteiger charge is -2.16. The average molecular weight is 550 g/mol. The van der Waals surface area contributed by atoms with Crippen molar-refractivity contribution in [3.05, 3.63) is 51.7 Å². The molecule has 1 aliphatic rings. The van der Waals surface area contributed by atoms with Crippen molar-refractivity contribution < 1.29 is 27.9 Å². The molecule has 5 N–H and O–H groups in total. The molecule has 0 saturated carbocycles. The van der Waals surface area contributed by atoms with E-state index in [2.05, 4.69) is 25.7 Å². The van der Waals surface area contributed by atoms with Crippen molar-refractivity contribution in [2.45, 2.75) is 50.0 Å². The Hall–Kier alpha value is -3.29. The monoisotopic (exact) mass is 549 g/mol. The summed E-state index contributed by atoms with van der Waals surface area (Å²) in [7, 11) is -4.11. The molecule has 0 saturated heterocycles. The van der Waals surface area contributed by atoms with Crippen LogP contribution in [0.1, 0.15) is 52.7 Å². The minimum Gasteiger partial charge on any atom is -0.480 e. The number of hydrogen-bond donors (Lipinski definition) is 5. The van der Waals surface area contributed by atoms with Crippen LogP contribution in [0.2, 0.25) is 0 Å². The van der Waals surface area contributed by atoms with Gasteiger partial charge in [0.2, 0.25) is 15.9 Å². The van der Waals surface area contributed by atoms with E-state index in [1.807, 2.05) is 13.8 Å². The number of aliphatic imine (C=N–C) groups is 1. The van der Waals surface area contributed by atoms with Gasteiger partial charge >= 0.3 is 5.97 Å². The molecule has 200 valence electrons. The van der Waals surface area contributed by atoms with Crippen molar-refractivity contribution in [3.8, 4) is 0 Å². The number of hydrogen-bond acceptors (Lipinski definition) is 8. The lowest BCUT2D eigenvalue weighted by Crippen LogP contribution is -2.48. The Morgan fingerprint density at radius 2 is 1.86 bits per heavy atom. The SMILES string of the molecule is CC(C)c1ccc(S(=O)(=O)NC(CNC(=O)c2ccc(CCC(=O)NC3=NCCCN3)s2)C(=O)O)cc1. The summed E-state index contributed by atoms with van der Waals surface area (Å²) in [5.74, 6) is -1.46. The standard InChI is InChI=1S/C24H31N5O6S2/c1-15(2)16-4-8-18(9-5-16)37(34,35)29-19(23(32)33)14-27-22(31)20-10-6-17(36-20)7-11-21(30)28-24-25-12-3-13-26-24/h4-6,8-10,15,19,29H,3,7,11-14H2,1-2H3,(H,27,31)(H,32,33)(H2,25,26,28,30). The lowest BCUT2D eigenvalue weighted by molar-refractivity contribution is -0.138. The number of thiophene rings is 1. The molecule has 1 unspecified atom stereocenters. The van der Waals surface area contributed by atoms with E-state index < -0.39 is 34.5 Å². The third-order valence-electron chi connectivity index (χ3n) is 5.56. The molecule has 11 nitrogen and oxygen atoms in total. The molecule has 13 heteroatoms. The van der Waals surface area contributed by atoms with Gasteiger partial charge in [-0.2, -0.15) is 4.72 Å². The van der Waals surface area contributed by atoms with Gasteiger partial charge in [-0.05, 0) is 48.6 Å². The highest BCUT2D eigenvalue weighted by atomic mass is 32.2. The van der Waals surface area contributed by atoms with Crippen molar-refractivity contribution in [2.24, 2.45) is 4.99 Å². The zero-order valence-corrected chi connectivity index (χ0v) is 22.2. The third kappa shape index (κ3) is 8.37. The quantitative estimate of drug-likeness (QED) is 0.283. The van der Waals surface area contributed by atoms with E-state index in [4.69, 9.17) is 0 Å². The van der Waals surface area contributed by atoms with E-state index in [1.54, 1.807) is 24.3 Å². The number of aryl methyl sites for hydroxylation is 1. The van der Waals surface area contributed by atoms with Crippen LogP contribution in [-0.4, -0.2) is 62.9 Å². The van der Waals surface area contributed by atoms with E-state index >= 15 is 0 Å². The van der Waals surface area contributed by atoms with Crippen LogP contribution in [0.4, 0.5) is 0 Å². The molecular weight excluding hydrogens is 518 g/mol. The van der Waals surface area contributed by atoms with Crippen molar-refractivity contribution >= 4 is 45.1 Å². The Balaban J connectivity index is 1.52. The van der Waals surface area contributed by atoms with Gasteiger partial charge in [0, 0.05) is 30.9 Å². The topological polar surface area (TPSA) is 166 Å². The Labute approximate surface area is 219 Å². The number of aliphatic carboxylic acids is 1. The van der Waals surface area contributed by atoms with Crippen LogP contribution in [0, 0.1) is 0 Å². The first-order valence-electron chi connectivity index (χ1n) is 11.9. The molecule has 1 atom stereocenters. The molecule has 0 bridgehead atoms. The van der Waals surface area contributed by atoms with Crippen LogP contribution in [0.5, 0.6) is 0 Å². The van der Waals surface area contributed by atoms with Gasteiger partial charge in [0.05, 0.1) is 9.77 Å². The van der Waals surface area contributed by atoms with E-state index in [0.717, 1.165) is 23.4 Å². The molecule has 3 rings (SSSR count). The van der Waals surface area contributed by atoms with Crippen molar-refractivity contribution in [1.29, 1.82) is 0 Å². The number of amides is 2. The lowest BCUT2D eigenvalue weighted by atomic mass is 10.0. The number of sulfonamides is 1. The second-order valence-electron chi connectivity index (χ2n) is 8.77. The zero-order valence-electron chi connectivity index (χ0n) is 20.6. The summed E-state index contributed by atoms with van der Waals surface area (Å²) in [4.78, 5) is 41.6. The second-order valence-corrected chi connectivity index (χ2v) is 11.7. The molecule has 1 aliphatic heterocycles. The van der Waals surface area contributed by atoms with Crippen LogP contribution < -0.4 is 20.7 Å². The normalized spacial score (nSPS) is 14.4. The Bertz CT molecular complexity index is 1250. The number of nitrogens with one attached hydrogen (secondary N) is 4. The summed E-state index contributed by atoms with van der Waals surface area (Å²) in [6, 6.07) is 7.94. The van der Waals surface area contributed by atoms with Crippen LogP contribution in [0.3, 0.4) is 0 Å². The maximum absolute atomic E-state index is 12.7. The third-order valence-corrected chi connectivity index (χ3v) is 8.19. The van der Waals surface area contributed by atoms with Crippen molar-refractivity contribution in [2.75, 3.05) is 19.6 Å². The van der Waals surface area contributed by atoms with Gasteiger partial charge in [0.1, 0.15) is 6.04 Å². The molecule has 1 aromatic carbocycles. The summed E-state index contributed by atoms with van der Waals surface area (Å²) < 4.78 is 27.5. The average Bonchev–Trinajstić information content (AvgIpc) is 3.35. The first-order chi connectivity index (χ1) is 17.5. The number of carboxylic acids is 1. The summed E-state index contributed by atoms with van der Waals surface area (Å²) in [5.41, 5.74) is 0.951. The predicted molar refractivity (Wildman–Crippen MR) is 140 cm³/mol.